The highest BCUT2D eigenvalue weighted by Crippen LogP contribution is 2.26. The zero-order valence-corrected chi connectivity index (χ0v) is 18.1. The summed E-state index contributed by atoms with van der Waals surface area (Å²) in [5, 5.41) is 5.77. The summed E-state index contributed by atoms with van der Waals surface area (Å²) in [4.78, 5) is 39.3. The lowest BCUT2D eigenvalue weighted by Crippen LogP contribution is -2.28. The molecule has 1 aliphatic rings. The van der Waals surface area contributed by atoms with Gasteiger partial charge in [-0.05, 0) is 61.9 Å². The van der Waals surface area contributed by atoms with E-state index in [0.29, 0.717) is 17.8 Å². The quantitative estimate of drug-likeness (QED) is 0.627. The lowest BCUT2D eigenvalue weighted by Gasteiger charge is -2.16. The highest BCUT2D eigenvalue weighted by atomic mass is 16.2. The molecule has 32 heavy (non-hydrogen) atoms. The molecule has 1 fully saturated rings. The largest absolute Gasteiger partial charge is 0.326 e. The zero-order valence-electron chi connectivity index (χ0n) is 18.1. The molecule has 2 N–H and O–H groups in total. The Morgan fingerprint density at radius 1 is 0.906 bits per heavy atom. The van der Waals surface area contributed by atoms with E-state index in [2.05, 4.69) is 10.6 Å². The molecule has 0 aromatic heterocycles. The average molecular weight is 428 g/mol. The molecule has 1 aliphatic heterocycles. The van der Waals surface area contributed by atoms with Crippen LogP contribution in [0, 0.1) is 19.8 Å². The predicted molar refractivity (Wildman–Crippen MR) is 126 cm³/mol. The van der Waals surface area contributed by atoms with Gasteiger partial charge in [0.15, 0.2) is 0 Å². The van der Waals surface area contributed by atoms with Crippen molar-refractivity contribution in [3.05, 3.63) is 89.5 Å². The SMILES string of the molecule is Cc1ccc(NC(=O)c2ccc(NC(=O)C3CC(=O)N(c4ccccc4)C3)cc2)c(C)c1. The smallest absolute Gasteiger partial charge is 0.255 e. The standard InChI is InChI=1S/C26H25N3O3/c1-17-8-13-23(18(2)14-17)28-25(31)19-9-11-21(12-10-19)27-26(32)20-15-24(30)29(16-20)22-6-4-3-5-7-22/h3-14,20H,15-16H2,1-2H3,(H,27,32)(H,28,31). The minimum Gasteiger partial charge on any atom is -0.326 e. The van der Waals surface area contributed by atoms with E-state index in [1.807, 2.05) is 62.4 Å². The van der Waals surface area contributed by atoms with E-state index in [4.69, 9.17) is 0 Å². The van der Waals surface area contributed by atoms with Crippen molar-refractivity contribution in [2.75, 3.05) is 22.1 Å². The van der Waals surface area contributed by atoms with Crippen molar-refractivity contribution < 1.29 is 14.4 Å². The van der Waals surface area contributed by atoms with Crippen LogP contribution in [0.25, 0.3) is 0 Å². The Bertz CT molecular complexity index is 1160. The van der Waals surface area contributed by atoms with Gasteiger partial charge in [0.25, 0.3) is 5.91 Å². The first-order valence-electron chi connectivity index (χ1n) is 10.6. The average Bonchev–Trinajstić information content (AvgIpc) is 3.18. The van der Waals surface area contributed by atoms with Gasteiger partial charge in [0.2, 0.25) is 11.8 Å². The summed E-state index contributed by atoms with van der Waals surface area (Å²) >= 11 is 0. The summed E-state index contributed by atoms with van der Waals surface area (Å²) in [5.41, 5.74) is 4.78. The fourth-order valence-electron chi connectivity index (χ4n) is 3.84. The third-order valence-corrected chi connectivity index (χ3v) is 5.61. The third kappa shape index (κ3) is 4.70. The summed E-state index contributed by atoms with van der Waals surface area (Å²) in [6.07, 6.45) is 0.178. The number of hydrogen-bond donors (Lipinski definition) is 2. The maximum absolute atomic E-state index is 12.7. The normalized spacial score (nSPS) is 15.5. The summed E-state index contributed by atoms with van der Waals surface area (Å²) in [6.45, 7) is 4.31. The highest BCUT2D eigenvalue weighted by molar-refractivity contribution is 6.06. The van der Waals surface area contributed by atoms with Gasteiger partial charge in [0.05, 0.1) is 5.92 Å². The topological polar surface area (TPSA) is 78.5 Å². The van der Waals surface area contributed by atoms with Crippen LogP contribution in [0.15, 0.2) is 72.8 Å². The van der Waals surface area contributed by atoms with Gasteiger partial charge >= 0.3 is 0 Å². The molecule has 6 nitrogen and oxygen atoms in total. The first-order valence-corrected chi connectivity index (χ1v) is 10.6. The molecule has 1 unspecified atom stereocenters. The summed E-state index contributed by atoms with van der Waals surface area (Å²) < 4.78 is 0. The zero-order chi connectivity index (χ0) is 22.7. The van der Waals surface area contributed by atoms with Gasteiger partial charge in [-0.25, -0.2) is 0 Å². The van der Waals surface area contributed by atoms with Crippen molar-refractivity contribution >= 4 is 34.8 Å². The van der Waals surface area contributed by atoms with Crippen LogP contribution in [-0.4, -0.2) is 24.3 Å². The number of nitrogens with one attached hydrogen (secondary N) is 2. The maximum atomic E-state index is 12.7. The number of aryl methyl sites for hydroxylation is 2. The monoisotopic (exact) mass is 427 g/mol. The third-order valence-electron chi connectivity index (χ3n) is 5.61. The number of para-hydroxylation sites is 1. The van der Waals surface area contributed by atoms with Crippen LogP contribution in [0.1, 0.15) is 27.9 Å². The Morgan fingerprint density at radius 3 is 2.31 bits per heavy atom. The van der Waals surface area contributed by atoms with Crippen LogP contribution in [0.5, 0.6) is 0 Å². The van der Waals surface area contributed by atoms with E-state index in [-0.39, 0.29) is 24.1 Å². The van der Waals surface area contributed by atoms with Crippen LogP contribution in [0.4, 0.5) is 17.1 Å². The van der Waals surface area contributed by atoms with Crippen LogP contribution in [0.2, 0.25) is 0 Å². The second-order valence-corrected chi connectivity index (χ2v) is 8.08. The Labute approximate surface area is 187 Å². The molecule has 1 atom stereocenters. The molecule has 1 heterocycles. The minimum atomic E-state index is -0.421. The van der Waals surface area contributed by atoms with E-state index in [0.717, 1.165) is 22.5 Å². The van der Waals surface area contributed by atoms with Crippen molar-refractivity contribution in [3.63, 3.8) is 0 Å². The van der Waals surface area contributed by atoms with Crippen LogP contribution in [-0.2, 0) is 9.59 Å². The van der Waals surface area contributed by atoms with Crippen molar-refractivity contribution in [2.45, 2.75) is 20.3 Å². The second-order valence-electron chi connectivity index (χ2n) is 8.08. The van der Waals surface area contributed by atoms with Gasteiger partial charge in [-0.2, -0.15) is 0 Å². The molecule has 6 heteroatoms. The lowest BCUT2D eigenvalue weighted by molar-refractivity contribution is -0.122. The second kappa shape index (κ2) is 9.06. The van der Waals surface area contributed by atoms with Crippen molar-refractivity contribution in [1.29, 1.82) is 0 Å². The van der Waals surface area contributed by atoms with Crippen LogP contribution in [0.3, 0.4) is 0 Å². The number of benzene rings is 3. The molecule has 1 saturated heterocycles. The fourth-order valence-corrected chi connectivity index (χ4v) is 3.84. The summed E-state index contributed by atoms with van der Waals surface area (Å²) in [7, 11) is 0. The molecule has 0 radical (unpaired) electrons. The molecule has 4 rings (SSSR count). The molecule has 0 aliphatic carbocycles. The Balaban J connectivity index is 1.37. The Kier molecular flexibility index (Phi) is 6.03. The maximum Gasteiger partial charge on any atom is 0.255 e. The molecule has 3 aromatic carbocycles. The van der Waals surface area contributed by atoms with Gasteiger partial charge in [0.1, 0.15) is 0 Å². The number of carbonyl (C=O) groups is 3. The van der Waals surface area contributed by atoms with Gasteiger partial charge in [-0.3, -0.25) is 14.4 Å². The van der Waals surface area contributed by atoms with Crippen molar-refractivity contribution in [3.8, 4) is 0 Å². The van der Waals surface area contributed by atoms with Crippen molar-refractivity contribution in [1.82, 2.24) is 0 Å². The number of amides is 3. The number of carbonyl (C=O) groups excluding carboxylic acids is 3. The number of rotatable bonds is 5. The fraction of sp³-hybridized carbons (Fsp3) is 0.192. The highest BCUT2D eigenvalue weighted by Gasteiger charge is 2.35. The van der Waals surface area contributed by atoms with Gasteiger partial charge in [-0.15, -0.1) is 0 Å². The predicted octanol–water partition coefficient (Wildman–Crippen LogP) is 4.55. The number of anilines is 3. The van der Waals surface area contributed by atoms with Crippen LogP contribution < -0.4 is 15.5 Å². The Morgan fingerprint density at radius 2 is 1.62 bits per heavy atom. The lowest BCUT2D eigenvalue weighted by atomic mass is 10.1. The number of nitrogens with zero attached hydrogens (tertiary/aromatic N) is 1. The molecule has 3 aromatic rings. The van der Waals surface area contributed by atoms with E-state index in [9.17, 15) is 14.4 Å². The van der Waals surface area contributed by atoms with E-state index in [1.165, 1.54) is 0 Å². The Hall–Kier alpha value is -3.93. The first kappa shape index (κ1) is 21.3. The molecule has 0 saturated carbocycles. The molecular weight excluding hydrogens is 402 g/mol. The van der Waals surface area contributed by atoms with Crippen LogP contribution >= 0.6 is 0 Å². The summed E-state index contributed by atoms with van der Waals surface area (Å²) in [6, 6.07) is 21.9. The number of hydrogen-bond acceptors (Lipinski definition) is 3. The van der Waals surface area contributed by atoms with Gasteiger partial charge in [-0.1, -0.05) is 35.9 Å². The van der Waals surface area contributed by atoms with E-state index in [1.54, 1.807) is 29.2 Å². The van der Waals surface area contributed by atoms with Gasteiger partial charge < -0.3 is 15.5 Å². The van der Waals surface area contributed by atoms with E-state index >= 15 is 0 Å². The molecule has 0 bridgehead atoms. The van der Waals surface area contributed by atoms with Gasteiger partial charge in [0, 0.05) is 35.6 Å². The minimum absolute atomic E-state index is 0.0604. The molecule has 3 amide bonds. The summed E-state index contributed by atoms with van der Waals surface area (Å²) in [5.74, 6) is -0.899. The molecule has 162 valence electrons. The van der Waals surface area contributed by atoms with Crippen molar-refractivity contribution in [2.24, 2.45) is 5.92 Å². The first-order chi connectivity index (χ1) is 15.4. The molecule has 0 spiro atoms. The van der Waals surface area contributed by atoms with E-state index < -0.39 is 5.92 Å². The molecular formula is C26H25N3O3.